The van der Waals surface area contributed by atoms with Crippen molar-refractivity contribution in [3.8, 4) is 0 Å². The summed E-state index contributed by atoms with van der Waals surface area (Å²) in [6.45, 7) is 0. The zero-order valence-electron chi connectivity index (χ0n) is 7.98. The molecule has 0 aliphatic carbocycles. The molecule has 0 amide bonds. The molecule has 0 aromatic heterocycles. The van der Waals surface area contributed by atoms with Gasteiger partial charge in [0.2, 0.25) is 0 Å². The standard InChI is InChI=1S/C12H10ClNS/c13-15-12-9-5-4-8-11(12)14-10-6-2-1-3-7-10/h1-9,14H. The lowest BCUT2D eigenvalue weighted by Crippen LogP contribution is -1.90. The number of para-hydroxylation sites is 2. The Hall–Kier alpha value is -1.12. The number of anilines is 2. The molecule has 1 nitrogen and oxygen atoms in total. The molecule has 76 valence electrons. The van der Waals surface area contributed by atoms with Crippen LogP contribution in [0.15, 0.2) is 59.5 Å². The van der Waals surface area contributed by atoms with Gasteiger partial charge in [-0.15, -0.1) is 0 Å². The van der Waals surface area contributed by atoms with Gasteiger partial charge in [-0.05, 0) is 45.9 Å². The quantitative estimate of drug-likeness (QED) is 0.829. The van der Waals surface area contributed by atoms with Crippen molar-refractivity contribution in [3.63, 3.8) is 0 Å². The van der Waals surface area contributed by atoms with E-state index in [1.54, 1.807) is 0 Å². The van der Waals surface area contributed by atoms with E-state index in [-0.39, 0.29) is 0 Å². The minimum Gasteiger partial charge on any atom is -0.355 e. The molecule has 0 aliphatic rings. The molecule has 0 heterocycles. The highest BCUT2D eigenvalue weighted by Gasteiger charge is 2.00. The Bertz CT molecular complexity index is 431. The molecule has 2 aromatic rings. The first-order chi connectivity index (χ1) is 7.40. The Morgan fingerprint density at radius 2 is 1.53 bits per heavy atom. The molecule has 0 radical (unpaired) electrons. The zero-order chi connectivity index (χ0) is 10.5. The van der Waals surface area contributed by atoms with Crippen LogP contribution < -0.4 is 5.32 Å². The van der Waals surface area contributed by atoms with Gasteiger partial charge in [-0.1, -0.05) is 30.3 Å². The molecule has 0 bridgehead atoms. The van der Waals surface area contributed by atoms with Gasteiger partial charge in [-0.25, -0.2) is 0 Å². The second kappa shape index (κ2) is 5.10. The van der Waals surface area contributed by atoms with E-state index in [0.717, 1.165) is 16.3 Å². The van der Waals surface area contributed by atoms with Crippen LogP contribution in [0.4, 0.5) is 11.4 Å². The number of hydrogen-bond acceptors (Lipinski definition) is 2. The number of rotatable bonds is 3. The summed E-state index contributed by atoms with van der Waals surface area (Å²) in [5.41, 5.74) is 2.10. The van der Waals surface area contributed by atoms with E-state index < -0.39 is 0 Å². The molecule has 0 atom stereocenters. The molecule has 0 saturated carbocycles. The van der Waals surface area contributed by atoms with Crippen molar-refractivity contribution in [2.45, 2.75) is 4.90 Å². The lowest BCUT2D eigenvalue weighted by atomic mass is 10.3. The second-order valence-corrected chi connectivity index (χ2v) is 4.12. The zero-order valence-corrected chi connectivity index (χ0v) is 9.55. The van der Waals surface area contributed by atoms with Crippen molar-refractivity contribution in [1.29, 1.82) is 0 Å². The molecule has 3 heteroatoms. The largest absolute Gasteiger partial charge is 0.355 e. The van der Waals surface area contributed by atoms with Crippen molar-refractivity contribution in [3.05, 3.63) is 54.6 Å². The van der Waals surface area contributed by atoms with Crippen molar-refractivity contribution >= 4 is 33.0 Å². The minimum atomic E-state index is 1.03. The number of benzene rings is 2. The van der Waals surface area contributed by atoms with E-state index >= 15 is 0 Å². The molecule has 0 aliphatic heterocycles. The molecular formula is C12H10ClNS. The molecule has 2 rings (SSSR count). The molecule has 0 fully saturated rings. The van der Waals surface area contributed by atoms with Gasteiger partial charge in [-0.3, -0.25) is 0 Å². The normalized spacial score (nSPS) is 9.93. The third-order valence-electron chi connectivity index (χ3n) is 2.02. The van der Waals surface area contributed by atoms with Gasteiger partial charge in [0.25, 0.3) is 0 Å². The highest BCUT2D eigenvalue weighted by molar-refractivity contribution is 8.21. The molecule has 0 saturated heterocycles. The van der Waals surface area contributed by atoms with E-state index in [2.05, 4.69) is 5.32 Å². The van der Waals surface area contributed by atoms with Crippen molar-refractivity contribution in [2.75, 3.05) is 5.32 Å². The van der Waals surface area contributed by atoms with E-state index in [9.17, 15) is 0 Å². The molecule has 15 heavy (non-hydrogen) atoms. The number of hydrogen-bond donors (Lipinski definition) is 1. The molecule has 0 unspecified atom stereocenters. The first-order valence-corrected chi connectivity index (χ1v) is 6.24. The maximum Gasteiger partial charge on any atom is 0.0534 e. The van der Waals surface area contributed by atoms with Crippen LogP contribution in [0.25, 0.3) is 0 Å². The van der Waals surface area contributed by atoms with E-state index in [1.165, 1.54) is 11.0 Å². The van der Waals surface area contributed by atoms with Crippen LogP contribution in [0.2, 0.25) is 0 Å². The summed E-state index contributed by atoms with van der Waals surface area (Å²) in [6, 6.07) is 18.0. The SMILES string of the molecule is ClSc1ccccc1Nc1ccccc1. The average Bonchev–Trinajstić information content (AvgIpc) is 2.31. The summed E-state index contributed by atoms with van der Waals surface area (Å²) < 4.78 is 0. The predicted molar refractivity (Wildman–Crippen MR) is 67.9 cm³/mol. The summed E-state index contributed by atoms with van der Waals surface area (Å²) >= 11 is 0. The molecular weight excluding hydrogens is 226 g/mol. The minimum absolute atomic E-state index is 1.03. The summed E-state index contributed by atoms with van der Waals surface area (Å²) in [7, 11) is 7.00. The maximum atomic E-state index is 5.77. The van der Waals surface area contributed by atoms with Crippen LogP contribution in [0.5, 0.6) is 0 Å². The third-order valence-corrected chi connectivity index (χ3v) is 3.04. The van der Waals surface area contributed by atoms with Crippen LogP contribution in [-0.2, 0) is 0 Å². The van der Waals surface area contributed by atoms with E-state index in [1.807, 2.05) is 54.6 Å². The Morgan fingerprint density at radius 1 is 0.867 bits per heavy atom. The first kappa shape index (κ1) is 10.4. The Morgan fingerprint density at radius 3 is 2.27 bits per heavy atom. The monoisotopic (exact) mass is 235 g/mol. The number of halogens is 1. The second-order valence-electron chi connectivity index (χ2n) is 3.06. The van der Waals surface area contributed by atoms with E-state index in [0.29, 0.717) is 0 Å². The lowest BCUT2D eigenvalue weighted by molar-refractivity contribution is 1.42. The van der Waals surface area contributed by atoms with Gasteiger partial charge in [0.05, 0.1) is 5.69 Å². The lowest BCUT2D eigenvalue weighted by Gasteiger charge is -2.08. The van der Waals surface area contributed by atoms with Gasteiger partial charge in [0.15, 0.2) is 0 Å². The fraction of sp³-hybridized carbons (Fsp3) is 0. The fourth-order valence-corrected chi connectivity index (χ4v) is 2.05. The molecule has 1 N–H and O–H groups in total. The van der Waals surface area contributed by atoms with Gasteiger partial charge < -0.3 is 5.32 Å². The first-order valence-electron chi connectivity index (χ1n) is 4.60. The Kier molecular flexibility index (Phi) is 3.54. The van der Waals surface area contributed by atoms with Crippen molar-refractivity contribution in [2.24, 2.45) is 0 Å². The summed E-state index contributed by atoms with van der Waals surface area (Å²) in [6.07, 6.45) is 0. The highest BCUT2D eigenvalue weighted by atomic mass is 35.7. The van der Waals surface area contributed by atoms with Crippen LogP contribution in [0.3, 0.4) is 0 Å². The van der Waals surface area contributed by atoms with Crippen molar-refractivity contribution in [1.82, 2.24) is 0 Å². The highest BCUT2D eigenvalue weighted by Crippen LogP contribution is 2.31. The Balaban J connectivity index is 2.24. The summed E-state index contributed by atoms with van der Waals surface area (Å²) in [5, 5.41) is 3.32. The predicted octanol–water partition coefficient (Wildman–Crippen LogP) is 4.68. The molecule has 2 aromatic carbocycles. The van der Waals surface area contributed by atoms with Crippen molar-refractivity contribution < 1.29 is 0 Å². The Labute approximate surface area is 98.0 Å². The topological polar surface area (TPSA) is 12.0 Å². The van der Waals surface area contributed by atoms with Gasteiger partial charge >= 0.3 is 0 Å². The van der Waals surface area contributed by atoms with Crippen LogP contribution in [0, 0.1) is 0 Å². The maximum absolute atomic E-state index is 5.77. The summed E-state index contributed by atoms with van der Waals surface area (Å²) in [5.74, 6) is 0. The van der Waals surface area contributed by atoms with Gasteiger partial charge in [-0.2, -0.15) is 0 Å². The number of nitrogens with one attached hydrogen (secondary N) is 1. The van der Waals surface area contributed by atoms with Gasteiger partial charge in [0.1, 0.15) is 0 Å². The van der Waals surface area contributed by atoms with Crippen LogP contribution >= 0.6 is 21.7 Å². The smallest absolute Gasteiger partial charge is 0.0534 e. The third kappa shape index (κ3) is 2.67. The van der Waals surface area contributed by atoms with E-state index in [4.69, 9.17) is 10.7 Å². The average molecular weight is 236 g/mol. The fourth-order valence-electron chi connectivity index (χ4n) is 1.31. The van der Waals surface area contributed by atoms with Crippen LogP contribution in [-0.4, -0.2) is 0 Å². The summed E-state index contributed by atoms with van der Waals surface area (Å²) in [4.78, 5) is 1.03. The van der Waals surface area contributed by atoms with Crippen LogP contribution in [0.1, 0.15) is 0 Å². The molecule has 0 spiro atoms. The van der Waals surface area contributed by atoms with Gasteiger partial charge in [0, 0.05) is 10.6 Å².